The lowest BCUT2D eigenvalue weighted by molar-refractivity contribution is -0.140. The molecule has 0 aliphatic carbocycles. The van der Waals surface area contributed by atoms with E-state index in [0.717, 1.165) is 21.5 Å². The number of rotatable bonds is 7. The van der Waals surface area contributed by atoms with Crippen molar-refractivity contribution in [2.24, 2.45) is 5.92 Å². The van der Waals surface area contributed by atoms with Crippen LogP contribution in [0.1, 0.15) is 19.4 Å². The van der Waals surface area contributed by atoms with Crippen LogP contribution in [0.15, 0.2) is 53.0 Å². The number of benzene rings is 2. The van der Waals surface area contributed by atoms with Crippen molar-refractivity contribution in [1.82, 2.24) is 5.32 Å². The van der Waals surface area contributed by atoms with Gasteiger partial charge in [-0.25, -0.2) is 0 Å². The third kappa shape index (κ3) is 5.37. The summed E-state index contributed by atoms with van der Waals surface area (Å²) in [7, 11) is 0. The lowest BCUT2D eigenvalue weighted by atomic mass is 10.0. The first-order valence-electron chi connectivity index (χ1n) is 7.44. The van der Waals surface area contributed by atoms with Gasteiger partial charge in [0.1, 0.15) is 17.5 Å². The molecule has 0 aliphatic heterocycles. The van der Waals surface area contributed by atoms with Gasteiger partial charge in [0.15, 0.2) is 0 Å². The van der Waals surface area contributed by atoms with Gasteiger partial charge in [-0.2, -0.15) is 0 Å². The average Bonchev–Trinajstić information content (AvgIpc) is 2.48. The van der Waals surface area contributed by atoms with E-state index in [2.05, 4.69) is 21.2 Å². The van der Waals surface area contributed by atoms with Gasteiger partial charge in [-0.3, -0.25) is 4.79 Å². The molecule has 2 aromatic carbocycles. The van der Waals surface area contributed by atoms with Crippen molar-refractivity contribution in [2.75, 3.05) is 0 Å². The zero-order valence-electron chi connectivity index (χ0n) is 13.1. The van der Waals surface area contributed by atoms with Crippen molar-refractivity contribution >= 4 is 21.9 Å². The molecular weight excluding hydrogens is 358 g/mol. The molecule has 5 heteroatoms. The molecule has 4 nitrogen and oxygen atoms in total. The molecule has 2 N–H and O–H groups in total. The standard InChI is InChI=1S/C18H20BrNO3/c1-12(2)17(18(21)22)20-11-13-6-8-15(9-7-13)23-16-5-3-4-14(19)10-16/h3-10,12,17,20H,11H2,1-2H3,(H,21,22)/t17-/m0/s1. The molecule has 0 radical (unpaired) electrons. The van der Waals surface area contributed by atoms with E-state index in [1.807, 2.05) is 62.4 Å². The normalized spacial score (nSPS) is 12.2. The van der Waals surface area contributed by atoms with Crippen molar-refractivity contribution in [3.05, 3.63) is 58.6 Å². The Balaban J connectivity index is 1.95. The van der Waals surface area contributed by atoms with E-state index >= 15 is 0 Å². The molecule has 0 saturated heterocycles. The number of nitrogens with one attached hydrogen (secondary N) is 1. The van der Waals surface area contributed by atoms with E-state index in [1.165, 1.54) is 0 Å². The summed E-state index contributed by atoms with van der Waals surface area (Å²) >= 11 is 3.41. The molecule has 0 aliphatic rings. The van der Waals surface area contributed by atoms with Crippen molar-refractivity contribution in [2.45, 2.75) is 26.4 Å². The van der Waals surface area contributed by atoms with Crippen LogP contribution in [0.5, 0.6) is 11.5 Å². The molecule has 2 aromatic rings. The van der Waals surface area contributed by atoms with Crippen LogP contribution in [0.3, 0.4) is 0 Å². The highest BCUT2D eigenvalue weighted by atomic mass is 79.9. The Hall–Kier alpha value is -1.85. The number of hydrogen-bond donors (Lipinski definition) is 2. The van der Waals surface area contributed by atoms with Gasteiger partial charge in [-0.15, -0.1) is 0 Å². The number of ether oxygens (including phenoxy) is 1. The monoisotopic (exact) mass is 377 g/mol. The summed E-state index contributed by atoms with van der Waals surface area (Å²) in [5.41, 5.74) is 1.01. The molecule has 0 spiro atoms. The van der Waals surface area contributed by atoms with Gasteiger partial charge in [0, 0.05) is 11.0 Å². The topological polar surface area (TPSA) is 58.6 Å². The lowest BCUT2D eigenvalue weighted by Gasteiger charge is -2.18. The van der Waals surface area contributed by atoms with Gasteiger partial charge in [0.25, 0.3) is 0 Å². The summed E-state index contributed by atoms with van der Waals surface area (Å²) in [5.74, 6) is 0.711. The Morgan fingerprint density at radius 2 is 1.87 bits per heavy atom. The van der Waals surface area contributed by atoms with Crippen LogP contribution in [0, 0.1) is 5.92 Å². The maximum atomic E-state index is 11.2. The van der Waals surface area contributed by atoms with Crippen LogP contribution in [0.2, 0.25) is 0 Å². The fourth-order valence-corrected chi connectivity index (χ4v) is 2.56. The van der Waals surface area contributed by atoms with Gasteiger partial charge >= 0.3 is 5.97 Å². The number of carbonyl (C=O) groups is 1. The smallest absolute Gasteiger partial charge is 0.320 e. The quantitative estimate of drug-likeness (QED) is 0.748. The maximum Gasteiger partial charge on any atom is 0.320 e. The van der Waals surface area contributed by atoms with E-state index < -0.39 is 12.0 Å². The maximum absolute atomic E-state index is 11.2. The van der Waals surface area contributed by atoms with Crippen LogP contribution in [-0.2, 0) is 11.3 Å². The summed E-state index contributed by atoms with van der Waals surface area (Å²) < 4.78 is 6.73. The molecule has 1 atom stereocenters. The molecule has 0 unspecified atom stereocenters. The van der Waals surface area contributed by atoms with E-state index in [9.17, 15) is 4.79 Å². The van der Waals surface area contributed by atoms with Crippen LogP contribution in [-0.4, -0.2) is 17.1 Å². The van der Waals surface area contributed by atoms with Gasteiger partial charge in [-0.1, -0.05) is 48.0 Å². The Morgan fingerprint density at radius 3 is 2.43 bits per heavy atom. The zero-order chi connectivity index (χ0) is 16.8. The summed E-state index contributed by atoms with van der Waals surface area (Å²) in [6, 6.07) is 14.7. The van der Waals surface area contributed by atoms with Crippen LogP contribution in [0.25, 0.3) is 0 Å². The third-order valence-corrected chi connectivity index (χ3v) is 3.91. The number of halogens is 1. The van der Waals surface area contributed by atoms with E-state index in [0.29, 0.717) is 6.54 Å². The molecule has 0 fully saturated rings. The number of carboxylic acids is 1. The van der Waals surface area contributed by atoms with E-state index in [1.54, 1.807) is 0 Å². The zero-order valence-corrected chi connectivity index (χ0v) is 14.7. The minimum absolute atomic E-state index is 0.0339. The van der Waals surface area contributed by atoms with Crippen molar-refractivity contribution in [1.29, 1.82) is 0 Å². The van der Waals surface area contributed by atoms with Crippen LogP contribution in [0.4, 0.5) is 0 Å². The first-order chi connectivity index (χ1) is 11.0. The molecule has 122 valence electrons. The summed E-state index contributed by atoms with van der Waals surface area (Å²) in [6.07, 6.45) is 0. The minimum atomic E-state index is -0.824. The fraction of sp³-hybridized carbons (Fsp3) is 0.278. The molecule has 23 heavy (non-hydrogen) atoms. The number of carboxylic acid groups (broad SMARTS) is 1. The van der Waals surface area contributed by atoms with Gasteiger partial charge in [0.05, 0.1) is 0 Å². The Bertz CT molecular complexity index is 656. The van der Waals surface area contributed by atoms with Crippen molar-refractivity contribution in [3.63, 3.8) is 0 Å². The largest absolute Gasteiger partial charge is 0.480 e. The van der Waals surface area contributed by atoms with Crippen LogP contribution >= 0.6 is 15.9 Å². The van der Waals surface area contributed by atoms with Gasteiger partial charge < -0.3 is 15.2 Å². The predicted octanol–water partition coefficient (Wildman–Crippen LogP) is 4.44. The molecule has 0 aromatic heterocycles. The third-order valence-electron chi connectivity index (χ3n) is 3.41. The molecule has 2 rings (SSSR count). The molecular formula is C18H20BrNO3. The number of hydrogen-bond acceptors (Lipinski definition) is 3. The molecule has 0 saturated carbocycles. The summed E-state index contributed by atoms with van der Waals surface area (Å²) in [5, 5.41) is 12.2. The van der Waals surface area contributed by atoms with E-state index in [-0.39, 0.29) is 5.92 Å². The van der Waals surface area contributed by atoms with Crippen molar-refractivity contribution in [3.8, 4) is 11.5 Å². The molecule has 0 bridgehead atoms. The Morgan fingerprint density at radius 1 is 1.17 bits per heavy atom. The Kier molecular flexibility index (Phi) is 6.19. The summed E-state index contributed by atoms with van der Waals surface area (Å²) in [4.78, 5) is 11.2. The SMILES string of the molecule is CC(C)[C@H](NCc1ccc(Oc2cccc(Br)c2)cc1)C(=O)O. The van der Waals surface area contributed by atoms with Crippen LogP contribution < -0.4 is 10.1 Å². The Labute approximate surface area is 144 Å². The highest BCUT2D eigenvalue weighted by molar-refractivity contribution is 9.10. The van der Waals surface area contributed by atoms with E-state index in [4.69, 9.17) is 9.84 Å². The second kappa shape index (κ2) is 8.13. The fourth-order valence-electron chi connectivity index (χ4n) is 2.18. The lowest BCUT2D eigenvalue weighted by Crippen LogP contribution is -2.40. The first kappa shape index (κ1) is 17.5. The van der Waals surface area contributed by atoms with Gasteiger partial charge in [-0.05, 0) is 41.8 Å². The molecule has 0 amide bonds. The predicted molar refractivity (Wildman–Crippen MR) is 93.8 cm³/mol. The molecule has 0 heterocycles. The average molecular weight is 378 g/mol. The highest BCUT2D eigenvalue weighted by Gasteiger charge is 2.20. The summed E-state index contributed by atoms with van der Waals surface area (Å²) in [6.45, 7) is 4.29. The second-order valence-electron chi connectivity index (χ2n) is 5.64. The first-order valence-corrected chi connectivity index (χ1v) is 8.23. The van der Waals surface area contributed by atoms with Gasteiger partial charge in [0.2, 0.25) is 0 Å². The van der Waals surface area contributed by atoms with Crippen molar-refractivity contribution < 1.29 is 14.6 Å². The highest BCUT2D eigenvalue weighted by Crippen LogP contribution is 2.24. The minimum Gasteiger partial charge on any atom is -0.480 e. The number of aliphatic carboxylic acids is 1. The second-order valence-corrected chi connectivity index (χ2v) is 6.56.